The number of carbonyl (C=O) groups excluding carboxylic acids is 2. The number of amides is 3. The molecule has 0 radical (unpaired) electrons. The van der Waals surface area contributed by atoms with Crippen LogP contribution in [0.5, 0.6) is 0 Å². The standard InChI is InChI=1S/C16H14F2N4O2/c1-16(12-7-11(17)4-5-13(12)18)14(23)22(15(24)21-16)9-10(8-20)3-2-6-19/h4-5,7,10H,2-3,9H2,1H3,(H,21,24)/t10-,16+/m0/s1. The minimum atomic E-state index is -1.75. The third-order valence-corrected chi connectivity index (χ3v) is 3.93. The summed E-state index contributed by atoms with van der Waals surface area (Å²) in [5.74, 6) is -3.04. The first-order chi connectivity index (χ1) is 11.3. The molecule has 3 amide bonds. The lowest BCUT2D eigenvalue weighted by Crippen LogP contribution is -2.42. The highest BCUT2D eigenvalue weighted by molar-refractivity contribution is 6.07. The highest BCUT2D eigenvalue weighted by Gasteiger charge is 2.50. The molecule has 124 valence electrons. The van der Waals surface area contributed by atoms with Gasteiger partial charge in [0.25, 0.3) is 5.91 Å². The molecule has 1 fully saturated rings. The number of benzene rings is 1. The maximum absolute atomic E-state index is 14.0. The Balaban J connectivity index is 2.29. The predicted molar refractivity (Wildman–Crippen MR) is 77.9 cm³/mol. The summed E-state index contributed by atoms with van der Waals surface area (Å²) in [5, 5.41) is 20.0. The van der Waals surface area contributed by atoms with E-state index in [4.69, 9.17) is 10.5 Å². The van der Waals surface area contributed by atoms with E-state index in [1.165, 1.54) is 6.92 Å². The van der Waals surface area contributed by atoms with Gasteiger partial charge in [-0.2, -0.15) is 10.5 Å². The zero-order valence-electron chi connectivity index (χ0n) is 12.8. The molecule has 1 saturated heterocycles. The fourth-order valence-electron chi connectivity index (χ4n) is 2.58. The number of halogens is 2. The summed E-state index contributed by atoms with van der Waals surface area (Å²) in [5.41, 5.74) is -2.03. The van der Waals surface area contributed by atoms with Crippen LogP contribution in [-0.4, -0.2) is 23.4 Å². The summed E-state index contributed by atoms with van der Waals surface area (Å²) >= 11 is 0. The SMILES string of the molecule is C[C@]1(c2cc(F)ccc2F)NC(=O)N(C[C@H](C#N)CCC#N)C1=O. The third-order valence-electron chi connectivity index (χ3n) is 3.93. The number of hydrogen-bond donors (Lipinski definition) is 1. The first-order valence-corrected chi connectivity index (χ1v) is 7.19. The van der Waals surface area contributed by atoms with Gasteiger partial charge in [0.2, 0.25) is 0 Å². The fourth-order valence-corrected chi connectivity index (χ4v) is 2.58. The Hall–Kier alpha value is -3.00. The number of hydrogen-bond acceptors (Lipinski definition) is 4. The van der Waals surface area contributed by atoms with Gasteiger partial charge in [0.1, 0.15) is 17.2 Å². The van der Waals surface area contributed by atoms with Crippen LogP contribution < -0.4 is 5.32 Å². The van der Waals surface area contributed by atoms with Crippen molar-refractivity contribution in [3.05, 3.63) is 35.4 Å². The van der Waals surface area contributed by atoms with E-state index in [0.29, 0.717) is 0 Å². The van der Waals surface area contributed by atoms with E-state index in [1.807, 2.05) is 12.1 Å². The topological polar surface area (TPSA) is 97.0 Å². The van der Waals surface area contributed by atoms with E-state index in [1.54, 1.807) is 0 Å². The fraction of sp³-hybridized carbons (Fsp3) is 0.375. The van der Waals surface area contributed by atoms with Crippen LogP contribution in [-0.2, 0) is 10.3 Å². The van der Waals surface area contributed by atoms with Crippen molar-refractivity contribution in [2.45, 2.75) is 25.3 Å². The number of carbonyl (C=O) groups is 2. The van der Waals surface area contributed by atoms with E-state index in [2.05, 4.69) is 5.32 Å². The van der Waals surface area contributed by atoms with Crippen molar-refractivity contribution < 1.29 is 18.4 Å². The Labute approximate surface area is 137 Å². The Morgan fingerprint density at radius 3 is 2.67 bits per heavy atom. The van der Waals surface area contributed by atoms with E-state index < -0.39 is 35.0 Å². The number of nitriles is 2. The first kappa shape index (κ1) is 17.4. The van der Waals surface area contributed by atoms with Gasteiger partial charge in [0, 0.05) is 18.5 Å². The zero-order chi connectivity index (χ0) is 17.9. The molecule has 1 aromatic rings. The molecule has 0 saturated carbocycles. The lowest BCUT2D eigenvalue weighted by molar-refractivity contribution is -0.131. The largest absolute Gasteiger partial charge is 0.325 e. The van der Waals surface area contributed by atoms with E-state index in [9.17, 15) is 18.4 Å². The molecule has 6 nitrogen and oxygen atoms in total. The zero-order valence-corrected chi connectivity index (χ0v) is 12.8. The smallest absolute Gasteiger partial charge is 0.319 e. The highest BCUT2D eigenvalue weighted by atomic mass is 19.1. The van der Waals surface area contributed by atoms with E-state index in [-0.39, 0.29) is 24.9 Å². The average Bonchev–Trinajstić information content (AvgIpc) is 2.77. The molecule has 0 spiro atoms. The van der Waals surface area contributed by atoms with Crippen LogP contribution >= 0.6 is 0 Å². The van der Waals surface area contributed by atoms with Gasteiger partial charge in [-0.15, -0.1) is 0 Å². The van der Waals surface area contributed by atoms with Crippen LogP contribution in [0.2, 0.25) is 0 Å². The summed E-state index contributed by atoms with van der Waals surface area (Å²) in [7, 11) is 0. The maximum Gasteiger partial charge on any atom is 0.325 e. The van der Waals surface area contributed by atoms with Crippen molar-refractivity contribution in [1.29, 1.82) is 10.5 Å². The number of urea groups is 1. The van der Waals surface area contributed by atoms with Gasteiger partial charge in [-0.3, -0.25) is 9.69 Å². The highest BCUT2D eigenvalue weighted by Crippen LogP contribution is 2.31. The minimum absolute atomic E-state index is 0.109. The van der Waals surface area contributed by atoms with Gasteiger partial charge >= 0.3 is 6.03 Å². The molecule has 2 atom stereocenters. The quantitative estimate of drug-likeness (QED) is 0.836. The van der Waals surface area contributed by atoms with Gasteiger partial charge in [-0.05, 0) is 31.5 Å². The molecule has 0 unspecified atom stereocenters. The second kappa shape index (κ2) is 6.63. The molecule has 0 aliphatic carbocycles. The number of nitrogens with zero attached hydrogens (tertiary/aromatic N) is 3. The molecular formula is C16H14F2N4O2. The molecule has 8 heteroatoms. The summed E-state index contributed by atoms with van der Waals surface area (Å²) in [6, 6.07) is 5.68. The first-order valence-electron chi connectivity index (χ1n) is 7.19. The molecule has 1 heterocycles. The number of rotatable bonds is 5. The molecule has 0 bridgehead atoms. The van der Waals surface area contributed by atoms with Gasteiger partial charge in [0.05, 0.1) is 18.1 Å². The molecule has 1 N–H and O–H groups in total. The molecule has 24 heavy (non-hydrogen) atoms. The van der Waals surface area contributed by atoms with Gasteiger partial charge in [0.15, 0.2) is 0 Å². The van der Waals surface area contributed by atoms with Gasteiger partial charge in [-0.25, -0.2) is 13.6 Å². The van der Waals surface area contributed by atoms with Crippen molar-refractivity contribution in [3.63, 3.8) is 0 Å². The van der Waals surface area contributed by atoms with Crippen LogP contribution in [0.15, 0.2) is 18.2 Å². The van der Waals surface area contributed by atoms with E-state index >= 15 is 0 Å². The van der Waals surface area contributed by atoms with Gasteiger partial charge in [-0.1, -0.05) is 0 Å². The van der Waals surface area contributed by atoms with Crippen LogP contribution in [0.1, 0.15) is 25.3 Å². The lowest BCUT2D eigenvalue weighted by Gasteiger charge is -2.23. The molecular weight excluding hydrogens is 318 g/mol. The van der Waals surface area contributed by atoms with Crippen molar-refractivity contribution >= 4 is 11.9 Å². The molecule has 1 aliphatic rings. The average molecular weight is 332 g/mol. The summed E-state index contributed by atoms with van der Waals surface area (Å²) < 4.78 is 27.4. The maximum atomic E-state index is 14.0. The second-order valence-electron chi connectivity index (χ2n) is 5.62. The van der Waals surface area contributed by atoms with Crippen LogP contribution in [0.3, 0.4) is 0 Å². The van der Waals surface area contributed by atoms with Crippen LogP contribution in [0, 0.1) is 40.2 Å². The van der Waals surface area contributed by atoms with Crippen LogP contribution in [0.25, 0.3) is 0 Å². The summed E-state index contributed by atoms with van der Waals surface area (Å²) in [6.45, 7) is 1.07. The number of nitrogens with one attached hydrogen (secondary N) is 1. The molecule has 2 rings (SSSR count). The second-order valence-corrected chi connectivity index (χ2v) is 5.62. The third kappa shape index (κ3) is 3.04. The Morgan fingerprint density at radius 1 is 1.33 bits per heavy atom. The Bertz CT molecular complexity index is 768. The van der Waals surface area contributed by atoms with Crippen molar-refractivity contribution in [1.82, 2.24) is 10.2 Å². The predicted octanol–water partition coefficient (Wildman–Crippen LogP) is 2.18. The normalized spacial score (nSPS) is 21.1. The Morgan fingerprint density at radius 2 is 2.04 bits per heavy atom. The molecule has 1 aromatic carbocycles. The van der Waals surface area contributed by atoms with Crippen molar-refractivity contribution in [3.8, 4) is 12.1 Å². The van der Waals surface area contributed by atoms with Crippen molar-refractivity contribution in [2.75, 3.05) is 6.54 Å². The molecule has 1 aliphatic heterocycles. The summed E-state index contributed by atoms with van der Waals surface area (Å²) in [4.78, 5) is 25.5. The van der Waals surface area contributed by atoms with Gasteiger partial charge < -0.3 is 5.32 Å². The lowest BCUT2D eigenvalue weighted by atomic mass is 9.91. The number of imide groups is 1. The van der Waals surface area contributed by atoms with E-state index in [0.717, 1.165) is 23.1 Å². The molecule has 0 aromatic heterocycles. The van der Waals surface area contributed by atoms with Crippen molar-refractivity contribution in [2.24, 2.45) is 5.92 Å². The van der Waals surface area contributed by atoms with Crippen LogP contribution in [0.4, 0.5) is 13.6 Å². The Kier molecular flexibility index (Phi) is 4.79. The monoisotopic (exact) mass is 332 g/mol. The minimum Gasteiger partial charge on any atom is -0.319 e. The summed E-state index contributed by atoms with van der Waals surface area (Å²) in [6.07, 6.45) is 0.312.